The molecule has 0 aliphatic rings. The summed E-state index contributed by atoms with van der Waals surface area (Å²) in [5.41, 5.74) is 0. The quantitative estimate of drug-likeness (QED) is 0.701. The van der Waals surface area contributed by atoms with Crippen LogP contribution in [0.2, 0.25) is 0 Å². The van der Waals surface area contributed by atoms with Gasteiger partial charge in [-0.2, -0.15) is 0 Å². The second-order valence-corrected chi connectivity index (χ2v) is 4.50. The number of hydrogen-bond acceptors (Lipinski definition) is 3. The molecule has 0 unspecified atom stereocenters. The summed E-state index contributed by atoms with van der Waals surface area (Å²) in [5, 5.41) is 0. The molecule has 0 aliphatic carbocycles. The van der Waals surface area contributed by atoms with Crippen LogP contribution in [0.1, 0.15) is 0 Å². The maximum atomic E-state index is 10.7. The Kier molecular flexibility index (Phi) is 2.70. The lowest BCUT2D eigenvalue weighted by Crippen LogP contribution is -2.09. The third kappa shape index (κ3) is 3.39. The fourth-order valence-corrected chi connectivity index (χ4v) is 0.978. The Morgan fingerprint density at radius 3 is 2.75 bits per heavy atom. The van der Waals surface area contributed by atoms with E-state index in [-0.39, 0.29) is 5.94 Å². The van der Waals surface area contributed by atoms with Gasteiger partial charge in [-0.05, 0) is 6.07 Å². The molecule has 0 bridgehead atoms. The molecule has 0 heterocycles. The van der Waals surface area contributed by atoms with E-state index >= 15 is 0 Å². The Morgan fingerprint density at radius 2 is 2.25 bits per heavy atom. The first kappa shape index (κ1) is 9.06. The van der Waals surface area contributed by atoms with E-state index in [9.17, 15) is 8.42 Å². The van der Waals surface area contributed by atoms with Gasteiger partial charge in [0.15, 0.2) is 15.8 Å². The SMILES string of the molecule is CS(=O)(=O)COc1[c]cccc1. The van der Waals surface area contributed by atoms with Crippen LogP contribution in [0.3, 0.4) is 0 Å². The smallest absolute Gasteiger partial charge is 0.188 e. The van der Waals surface area contributed by atoms with Crippen molar-refractivity contribution in [2.45, 2.75) is 0 Å². The molecule has 1 aromatic carbocycles. The Labute approximate surface area is 71.9 Å². The average Bonchev–Trinajstić information content (AvgIpc) is 2.02. The van der Waals surface area contributed by atoms with Gasteiger partial charge in [-0.3, -0.25) is 0 Å². The number of para-hydroxylation sites is 1. The summed E-state index contributed by atoms with van der Waals surface area (Å²) in [5.74, 6) is 0.149. The van der Waals surface area contributed by atoms with Crippen molar-refractivity contribution >= 4 is 9.84 Å². The predicted molar refractivity (Wildman–Crippen MR) is 45.6 cm³/mol. The predicted octanol–water partition coefficient (Wildman–Crippen LogP) is 0.868. The van der Waals surface area contributed by atoms with Crippen molar-refractivity contribution in [3.8, 4) is 5.75 Å². The molecule has 1 radical (unpaired) electrons. The molecule has 0 saturated heterocycles. The number of rotatable bonds is 3. The van der Waals surface area contributed by atoms with Gasteiger partial charge >= 0.3 is 0 Å². The lowest BCUT2D eigenvalue weighted by Gasteiger charge is -2.02. The molecule has 0 fully saturated rings. The van der Waals surface area contributed by atoms with E-state index in [0.717, 1.165) is 6.26 Å². The van der Waals surface area contributed by atoms with Gasteiger partial charge in [-0.1, -0.05) is 18.2 Å². The van der Waals surface area contributed by atoms with Crippen molar-refractivity contribution in [3.63, 3.8) is 0 Å². The van der Waals surface area contributed by atoms with Gasteiger partial charge in [0.2, 0.25) is 0 Å². The topological polar surface area (TPSA) is 43.4 Å². The molecule has 0 saturated carbocycles. The Balaban J connectivity index is 2.56. The summed E-state index contributed by atoms with van der Waals surface area (Å²) in [6.07, 6.45) is 1.12. The minimum absolute atomic E-state index is 0.298. The molecule has 0 atom stereocenters. The van der Waals surface area contributed by atoms with Crippen molar-refractivity contribution in [2.75, 3.05) is 12.2 Å². The van der Waals surface area contributed by atoms with Crippen molar-refractivity contribution in [1.29, 1.82) is 0 Å². The third-order valence-corrected chi connectivity index (χ3v) is 1.66. The number of hydrogen-bond donors (Lipinski definition) is 0. The Morgan fingerprint density at radius 1 is 1.50 bits per heavy atom. The highest BCUT2D eigenvalue weighted by atomic mass is 32.2. The van der Waals surface area contributed by atoms with Crippen LogP contribution in [0, 0.1) is 6.07 Å². The Hall–Kier alpha value is -1.03. The third-order valence-electron chi connectivity index (χ3n) is 1.11. The molecule has 0 N–H and O–H groups in total. The number of benzene rings is 1. The van der Waals surface area contributed by atoms with Crippen LogP contribution in [0.25, 0.3) is 0 Å². The van der Waals surface area contributed by atoms with Gasteiger partial charge < -0.3 is 4.74 Å². The van der Waals surface area contributed by atoms with Gasteiger partial charge in [0.05, 0.1) is 0 Å². The molecule has 1 aromatic rings. The largest absolute Gasteiger partial charge is 0.477 e. The van der Waals surface area contributed by atoms with Crippen LogP contribution in [0.15, 0.2) is 24.3 Å². The number of sulfone groups is 1. The number of ether oxygens (including phenoxy) is 1. The molecule has 0 amide bonds. The van der Waals surface area contributed by atoms with E-state index in [2.05, 4.69) is 6.07 Å². The van der Waals surface area contributed by atoms with Crippen LogP contribution < -0.4 is 4.74 Å². The Bertz CT molecular complexity index is 329. The average molecular weight is 185 g/mol. The van der Waals surface area contributed by atoms with Crippen LogP contribution in [-0.4, -0.2) is 20.6 Å². The lowest BCUT2D eigenvalue weighted by atomic mass is 10.3. The molecule has 12 heavy (non-hydrogen) atoms. The van der Waals surface area contributed by atoms with Crippen molar-refractivity contribution < 1.29 is 13.2 Å². The van der Waals surface area contributed by atoms with E-state index in [1.807, 2.05) is 0 Å². The fraction of sp³-hybridized carbons (Fsp3) is 0.250. The molecule has 65 valence electrons. The zero-order chi connectivity index (χ0) is 9.03. The first-order valence-corrected chi connectivity index (χ1v) is 5.41. The van der Waals surface area contributed by atoms with Crippen molar-refractivity contribution in [1.82, 2.24) is 0 Å². The van der Waals surface area contributed by atoms with Crippen molar-refractivity contribution in [2.24, 2.45) is 0 Å². The molecule has 0 aliphatic heterocycles. The van der Waals surface area contributed by atoms with Gasteiger partial charge in [-0.25, -0.2) is 8.42 Å². The molecule has 3 nitrogen and oxygen atoms in total. The van der Waals surface area contributed by atoms with Gasteiger partial charge in [0.1, 0.15) is 5.75 Å². The molecule has 1 rings (SSSR count). The van der Waals surface area contributed by atoms with Gasteiger partial charge in [0, 0.05) is 12.3 Å². The highest BCUT2D eigenvalue weighted by Gasteiger charge is 2.01. The fourth-order valence-electron chi connectivity index (χ4n) is 0.637. The molecular weight excluding hydrogens is 176 g/mol. The van der Waals surface area contributed by atoms with E-state index < -0.39 is 9.84 Å². The zero-order valence-corrected chi connectivity index (χ0v) is 7.47. The van der Waals surface area contributed by atoms with Crippen LogP contribution in [0.4, 0.5) is 0 Å². The second-order valence-electron chi connectivity index (χ2n) is 2.41. The summed E-state index contributed by atoms with van der Waals surface area (Å²) in [7, 11) is -3.06. The van der Waals surface area contributed by atoms with Crippen LogP contribution in [-0.2, 0) is 9.84 Å². The van der Waals surface area contributed by atoms with E-state index in [1.165, 1.54) is 0 Å². The van der Waals surface area contributed by atoms with E-state index in [0.29, 0.717) is 5.75 Å². The second kappa shape index (κ2) is 3.58. The highest BCUT2D eigenvalue weighted by Crippen LogP contribution is 2.07. The zero-order valence-electron chi connectivity index (χ0n) is 6.65. The van der Waals surface area contributed by atoms with E-state index in [1.54, 1.807) is 24.3 Å². The summed E-state index contributed by atoms with van der Waals surface area (Å²) in [6.45, 7) is 0. The minimum atomic E-state index is -3.06. The lowest BCUT2D eigenvalue weighted by molar-refractivity contribution is 0.377. The molecular formula is C8H9O3S. The monoisotopic (exact) mass is 185 g/mol. The summed E-state index contributed by atoms with van der Waals surface area (Å²) >= 11 is 0. The normalized spacial score (nSPS) is 11.1. The van der Waals surface area contributed by atoms with E-state index in [4.69, 9.17) is 4.74 Å². The van der Waals surface area contributed by atoms with Crippen molar-refractivity contribution in [3.05, 3.63) is 30.3 Å². The van der Waals surface area contributed by atoms with Crippen LogP contribution in [0.5, 0.6) is 5.75 Å². The molecule has 4 heteroatoms. The first-order chi connectivity index (χ1) is 5.58. The maximum absolute atomic E-state index is 10.7. The van der Waals surface area contributed by atoms with Gasteiger partial charge in [0.25, 0.3) is 0 Å². The summed E-state index contributed by atoms with van der Waals surface area (Å²) in [6, 6.07) is 9.62. The van der Waals surface area contributed by atoms with Gasteiger partial charge in [-0.15, -0.1) is 0 Å². The summed E-state index contributed by atoms with van der Waals surface area (Å²) < 4.78 is 26.3. The first-order valence-electron chi connectivity index (χ1n) is 3.35. The minimum Gasteiger partial charge on any atom is -0.477 e. The highest BCUT2D eigenvalue weighted by molar-refractivity contribution is 7.90. The summed E-state index contributed by atoms with van der Waals surface area (Å²) in [4.78, 5) is 0. The molecule has 0 spiro atoms. The van der Waals surface area contributed by atoms with Crippen LogP contribution >= 0.6 is 0 Å². The molecule has 0 aromatic heterocycles. The maximum Gasteiger partial charge on any atom is 0.188 e. The standard InChI is InChI=1S/C8H9O3S/c1-12(9,10)7-11-8-5-3-2-4-6-8/h2-5H,7H2,1H3.